The Morgan fingerprint density at radius 2 is 2.19 bits per heavy atom. The van der Waals surface area contributed by atoms with Crippen LogP contribution in [0.15, 0.2) is 24.4 Å². The fourth-order valence-corrected chi connectivity index (χ4v) is 4.76. The topological polar surface area (TPSA) is 73.4 Å². The van der Waals surface area contributed by atoms with Crippen LogP contribution in [0.25, 0.3) is 10.9 Å². The highest BCUT2D eigenvalue weighted by molar-refractivity contribution is 7.91. The fourth-order valence-electron chi connectivity index (χ4n) is 3.93. The molecule has 0 spiro atoms. The SMILES string of the molecule is CCS(=O)(=O)CCc1ccc2[nH]cc(C[C@H]3CCCN3C[C@H](C)O)c2c1. The van der Waals surface area contributed by atoms with Gasteiger partial charge in [0.25, 0.3) is 0 Å². The van der Waals surface area contributed by atoms with E-state index in [9.17, 15) is 13.5 Å². The van der Waals surface area contributed by atoms with E-state index in [4.69, 9.17) is 0 Å². The summed E-state index contributed by atoms with van der Waals surface area (Å²) in [6, 6.07) is 6.67. The molecule has 1 aliphatic rings. The van der Waals surface area contributed by atoms with Gasteiger partial charge in [-0.2, -0.15) is 0 Å². The minimum atomic E-state index is -2.94. The number of aromatic amines is 1. The second kappa shape index (κ2) is 8.11. The molecule has 1 aliphatic heterocycles. The van der Waals surface area contributed by atoms with Gasteiger partial charge in [0.15, 0.2) is 0 Å². The predicted molar refractivity (Wildman–Crippen MR) is 106 cm³/mol. The van der Waals surface area contributed by atoms with E-state index < -0.39 is 9.84 Å². The first-order valence-electron chi connectivity index (χ1n) is 9.59. The Bertz CT molecular complexity index is 842. The molecule has 0 saturated carbocycles. The zero-order valence-corrected chi connectivity index (χ0v) is 16.6. The highest BCUT2D eigenvalue weighted by atomic mass is 32.2. The monoisotopic (exact) mass is 378 g/mol. The predicted octanol–water partition coefficient (Wildman–Crippen LogP) is 2.53. The number of aliphatic hydroxyl groups is 1. The molecule has 26 heavy (non-hydrogen) atoms. The van der Waals surface area contributed by atoms with Gasteiger partial charge in [0.1, 0.15) is 9.84 Å². The third-order valence-electron chi connectivity index (χ3n) is 5.43. The molecule has 2 aromatic rings. The molecular weight excluding hydrogens is 348 g/mol. The van der Waals surface area contributed by atoms with Crippen LogP contribution in [0.1, 0.15) is 37.8 Å². The van der Waals surface area contributed by atoms with Crippen molar-refractivity contribution >= 4 is 20.7 Å². The molecule has 1 fully saturated rings. The van der Waals surface area contributed by atoms with E-state index in [-0.39, 0.29) is 17.6 Å². The van der Waals surface area contributed by atoms with Crippen molar-refractivity contribution in [2.45, 2.75) is 51.7 Å². The van der Waals surface area contributed by atoms with Gasteiger partial charge in [-0.3, -0.25) is 4.90 Å². The van der Waals surface area contributed by atoms with E-state index in [1.54, 1.807) is 6.92 Å². The summed E-state index contributed by atoms with van der Waals surface area (Å²) < 4.78 is 23.6. The van der Waals surface area contributed by atoms with Crippen LogP contribution in [0, 0.1) is 0 Å². The summed E-state index contributed by atoms with van der Waals surface area (Å²) in [6.07, 6.45) is 5.65. The number of nitrogens with zero attached hydrogens (tertiary/aromatic N) is 1. The molecule has 0 unspecified atom stereocenters. The number of aryl methyl sites for hydroxylation is 1. The van der Waals surface area contributed by atoms with Gasteiger partial charge in [-0.1, -0.05) is 13.0 Å². The number of hydrogen-bond acceptors (Lipinski definition) is 4. The van der Waals surface area contributed by atoms with Gasteiger partial charge in [0, 0.05) is 35.4 Å². The van der Waals surface area contributed by atoms with Crippen LogP contribution in [0.3, 0.4) is 0 Å². The van der Waals surface area contributed by atoms with Gasteiger partial charge in [-0.25, -0.2) is 8.42 Å². The van der Waals surface area contributed by atoms with E-state index in [1.165, 1.54) is 17.4 Å². The standard InChI is InChI=1S/C20H30N2O3S/c1-3-26(24,25)10-8-16-6-7-20-19(11-16)17(13-21-20)12-18-5-4-9-22(18)14-15(2)23/h6-7,11,13,15,18,21,23H,3-5,8-10,12,14H2,1-2H3/t15-,18+/m0/s1. The van der Waals surface area contributed by atoms with Crippen LogP contribution in [0.4, 0.5) is 0 Å². The summed E-state index contributed by atoms with van der Waals surface area (Å²) >= 11 is 0. The Kier molecular flexibility index (Phi) is 6.05. The quantitative estimate of drug-likeness (QED) is 0.740. The maximum atomic E-state index is 11.8. The van der Waals surface area contributed by atoms with Crippen LogP contribution in [0.5, 0.6) is 0 Å². The number of rotatable bonds is 8. The van der Waals surface area contributed by atoms with Crippen molar-refractivity contribution in [2.24, 2.45) is 0 Å². The van der Waals surface area contributed by atoms with Gasteiger partial charge >= 0.3 is 0 Å². The number of likely N-dealkylation sites (tertiary alicyclic amines) is 1. The number of benzene rings is 1. The van der Waals surface area contributed by atoms with Gasteiger partial charge in [0.05, 0.1) is 11.9 Å². The molecule has 2 N–H and O–H groups in total. The minimum Gasteiger partial charge on any atom is -0.392 e. The van der Waals surface area contributed by atoms with Crippen LogP contribution in [-0.2, 0) is 22.7 Å². The molecule has 144 valence electrons. The molecule has 1 aromatic carbocycles. The Morgan fingerprint density at radius 3 is 2.92 bits per heavy atom. The summed E-state index contributed by atoms with van der Waals surface area (Å²) in [7, 11) is -2.94. The Balaban J connectivity index is 1.75. The molecule has 1 aromatic heterocycles. The maximum Gasteiger partial charge on any atom is 0.150 e. The number of nitrogens with one attached hydrogen (secondary N) is 1. The zero-order valence-electron chi connectivity index (χ0n) is 15.7. The number of H-pyrrole nitrogens is 1. The van der Waals surface area contributed by atoms with Gasteiger partial charge in [-0.05, 0) is 62.4 Å². The fraction of sp³-hybridized carbons (Fsp3) is 0.600. The first-order valence-corrected chi connectivity index (χ1v) is 11.4. The molecule has 1 saturated heterocycles. The molecule has 0 radical (unpaired) electrons. The van der Waals surface area contributed by atoms with Crippen molar-refractivity contribution in [3.05, 3.63) is 35.5 Å². The molecule has 0 bridgehead atoms. The number of aromatic nitrogens is 1. The van der Waals surface area contributed by atoms with E-state index in [0.29, 0.717) is 12.5 Å². The van der Waals surface area contributed by atoms with Crippen molar-refractivity contribution < 1.29 is 13.5 Å². The van der Waals surface area contributed by atoms with Crippen molar-refractivity contribution in [3.8, 4) is 0 Å². The first-order chi connectivity index (χ1) is 12.4. The number of aliphatic hydroxyl groups excluding tert-OH is 1. The third-order valence-corrected chi connectivity index (χ3v) is 7.13. The zero-order chi connectivity index (χ0) is 18.7. The van der Waals surface area contributed by atoms with Crippen LogP contribution < -0.4 is 0 Å². The van der Waals surface area contributed by atoms with Gasteiger partial charge in [0.2, 0.25) is 0 Å². The molecule has 2 atom stereocenters. The third kappa shape index (κ3) is 4.67. The Morgan fingerprint density at radius 1 is 1.38 bits per heavy atom. The minimum absolute atomic E-state index is 0.200. The van der Waals surface area contributed by atoms with Crippen molar-refractivity contribution in [2.75, 3.05) is 24.6 Å². The summed E-state index contributed by atoms with van der Waals surface area (Å²) in [5.41, 5.74) is 3.45. The van der Waals surface area contributed by atoms with Crippen molar-refractivity contribution in [1.82, 2.24) is 9.88 Å². The average Bonchev–Trinajstić information content (AvgIpc) is 3.20. The first kappa shape index (κ1) is 19.4. The van der Waals surface area contributed by atoms with E-state index in [2.05, 4.69) is 28.2 Å². The molecular formula is C20H30N2O3S. The number of sulfone groups is 1. The lowest BCUT2D eigenvalue weighted by molar-refractivity contribution is 0.119. The summed E-state index contributed by atoms with van der Waals surface area (Å²) in [5.74, 6) is 0.408. The largest absolute Gasteiger partial charge is 0.392 e. The van der Waals surface area contributed by atoms with Crippen molar-refractivity contribution in [3.63, 3.8) is 0 Å². The molecule has 5 nitrogen and oxygen atoms in total. The highest BCUT2D eigenvalue weighted by Gasteiger charge is 2.26. The number of β-amino-alcohol motifs (C(OH)–C–C–N with tert-alkyl or cyclic N) is 1. The second-order valence-electron chi connectivity index (χ2n) is 7.52. The van der Waals surface area contributed by atoms with Crippen LogP contribution >= 0.6 is 0 Å². The summed E-state index contributed by atoms with van der Waals surface area (Å²) in [6.45, 7) is 5.33. The van der Waals surface area contributed by atoms with E-state index in [1.807, 2.05) is 13.0 Å². The highest BCUT2D eigenvalue weighted by Crippen LogP contribution is 2.26. The van der Waals surface area contributed by atoms with Gasteiger partial charge in [-0.15, -0.1) is 0 Å². The lowest BCUT2D eigenvalue weighted by atomic mass is 10.0. The van der Waals surface area contributed by atoms with Crippen LogP contribution in [-0.4, -0.2) is 60.1 Å². The molecule has 3 rings (SSSR count). The molecule has 0 amide bonds. The number of hydrogen-bond donors (Lipinski definition) is 2. The molecule has 6 heteroatoms. The Labute approximate surface area is 156 Å². The van der Waals surface area contributed by atoms with Crippen LogP contribution in [0.2, 0.25) is 0 Å². The maximum absolute atomic E-state index is 11.8. The summed E-state index contributed by atoms with van der Waals surface area (Å²) in [5, 5.41) is 10.9. The van der Waals surface area contributed by atoms with Gasteiger partial charge < -0.3 is 10.1 Å². The lowest BCUT2D eigenvalue weighted by Gasteiger charge is -2.25. The smallest absolute Gasteiger partial charge is 0.150 e. The normalized spacial score (nSPS) is 20.0. The molecule has 0 aliphatic carbocycles. The summed E-state index contributed by atoms with van der Waals surface area (Å²) in [4.78, 5) is 5.73. The molecule has 2 heterocycles. The lowest BCUT2D eigenvalue weighted by Crippen LogP contribution is -2.36. The van der Waals surface area contributed by atoms with E-state index in [0.717, 1.165) is 37.0 Å². The van der Waals surface area contributed by atoms with E-state index >= 15 is 0 Å². The number of fused-ring (bicyclic) bond motifs is 1. The Hall–Kier alpha value is -1.37. The van der Waals surface area contributed by atoms with Crippen molar-refractivity contribution in [1.29, 1.82) is 0 Å². The average molecular weight is 379 g/mol. The second-order valence-corrected chi connectivity index (χ2v) is 10.00.